The van der Waals surface area contributed by atoms with Crippen molar-refractivity contribution in [2.75, 3.05) is 13.7 Å². The van der Waals surface area contributed by atoms with Gasteiger partial charge in [0, 0.05) is 13.7 Å². The van der Waals surface area contributed by atoms with E-state index in [4.69, 9.17) is 4.74 Å². The number of allylic oxidation sites excluding steroid dienone is 9. The smallest absolute Gasteiger partial charge is 0.145 e. The van der Waals surface area contributed by atoms with Gasteiger partial charge in [-0.15, -0.1) is 0 Å². The van der Waals surface area contributed by atoms with E-state index in [1.165, 1.54) is 5.57 Å². The van der Waals surface area contributed by atoms with Crippen molar-refractivity contribution in [3.63, 3.8) is 0 Å². The Morgan fingerprint density at radius 3 is 1.96 bits per heavy atom. The molecule has 0 aliphatic rings. The summed E-state index contributed by atoms with van der Waals surface area (Å²) in [6.45, 7) is 25.9. The van der Waals surface area contributed by atoms with Gasteiger partial charge in [-0.3, -0.25) is 4.79 Å². The van der Waals surface area contributed by atoms with Crippen molar-refractivity contribution >= 4 is 6.29 Å². The molecule has 0 amide bonds. The molecule has 0 heterocycles. The van der Waals surface area contributed by atoms with Crippen LogP contribution in [0.1, 0.15) is 40.0 Å². The molecule has 0 unspecified atom stereocenters. The molecule has 0 saturated heterocycles. The summed E-state index contributed by atoms with van der Waals surface area (Å²) in [5, 5.41) is 0. The van der Waals surface area contributed by atoms with Crippen LogP contribution in [0.15, 0.2) is 84.6 Å². The minimum absolute atomic E-state index is 0.574. The minimum Gasteiger partial charge on any atom is -0.385 e. The highest BCUT2D eigenvalue weighted by atomic mass is 16.5. The lowest BCUT2D eigenvalue weighted by Gasteiger charge is -2.12. The third kappa shape index (κ3) is 15.1. The van der Waals surface area contributed by atoms with Crippen LogP contribution in [-0.4, -0.2) is 20.0 Å². The van der Waals surface area contributed by atoms with Crippen LogP contribution in [0.2, 0.25) is 0 Å². The molecule has 0 bridgehead atoms. The van der Waals surface area contributed by atoms with Crippen LogP contribution in [0.5, 0.6) is 0 Å². The normalized spacial score (nSPS) is 10.6. The Hall–Kier alpha value is -2.19. The zero-order chi connectivity index (χ0) is 19.8. The zero-order valence-corrected chi connectivity index (χ0v) is 16.5. The lowest BCUT2D eigenvalue weighted by Crippen LogP contribution is -1.96. The van der Waals surface area contributed by atoms with Gasteiger partial charge in [0.25, 0.3) is 0 Å². The molecule has 0 aromatic carbocycles. The molecule has 0 fully saturated rings. The highest BCUT2D eigenvalue weighted by molar-refractivity contribution is 5.70. The van der Waals surface area contributed by atoms with E-state index in [0.29, 0.717) is 5.57 Å². The number of carbonyl (C=O) groups is 1. The fraction of sp³-hybridized carbons (Fsp3) is 0.348. The lowest BCUT2D eigenvalue weighted by molar-refractivity contribution is -0.104. The van der Waals surface area contributed by atoms with Crippen molar-refractivity contribution in [3.8, 4) is 0 Å². The third-order valence-electron chi connectivity index (χ3n) is 3.17. The predicted octanol–water partition coefficient (Wildman–Crippen LogP) is 6.31. The van der Waals surface area contributed by atoms with Crippen LogP contribution in [0.3, 0.4) is 0 Å². The highest BCUT2D eigenvalue weighted by Crippen LogP contribution is 2.24. The van der Waals surface area contributed by atoms with Crippen molar-refractivity contribution in [3.05, 3.63) is 84.6 Å². The Balaban J connectivity index is 0. The van der Waals surface area contributed by atoms with Gasteiger partial charge in [-0.05, 0) is 55.4 Å². The predicted molar refractivity (Wildman–Crippen MR) is 112 cm³/mol. The van der Waals surface area contributed by atoms with E-state index in [0.717, 1.165) is 54.4 Å². The van der Waals surface area contributed by atoms with Gasteiger partial charge in [-0.2, -0.15) is 0 Å². The Labute approximate surface area is 154 Å². The van der Waals surface area contributed by atoms with Gasteiger partial charge in [0.2, 0.25) is 0 Å². The summed E-state index contributed by atoms with van der Waals surface area (Å²) in [6.07, 6.45) is 9.59. The molecule has 0 atom stereocenters. The molecule has 0 saturated carbocycles. The maximum atomic E-state index is 9.41. The molecular formula is C23H34O2. The van der Waals surface area contributed by atoms with Gasteiger partial charge in [0.15, 0.2) is 0 Å². The molecular weight excluding hydrogens is 308 g/mol. The summed E-state index contributed by atoms with van der Waals surface area (Å²) in [6, 6.07) is 0. The Morgan fingerprint density at radius 2 is 1.56 bits per heavy atom. The van der Waals surface area contributed by atoms with Crippen LogP contribution in [0.4, 0.5) is 0 Å². The van der Waals surface area contributed by atoms with Crippen molar-refractivity contribution < 1.29 is 9.53 Å². The molecule has 0 aromatic rings. The van der Waals surface area contributed by atoms with Gasteiger partial charge < -0.3 is 4.74 Å². The topological polar surface area (TPSA) is 26.3 Å². The summed E-state index contributed by atoms with van der Waals surface area (Å²) in [5.74, 6) is 0. The molecule has 0 radical (unpaired) electrons. The van der Waals surface area contributed by atoms with Gasteiger partial charge in [0.05, 0.1) is 0 Å². The molecule has 138 valence electrons. The second-order valence-electron chi connectivity index (χ2n) is 5.93. The van der Waals surface area contributed by atoms with Crippen LogP contribution in [0, 0.1) is 0 Å². The number of hydrogen-bond acceptors (Lipinski definition) is 2. The molecule has 25 heavy (non-hydrogen) atoms. The maximum Gasteiger partial charge on any atom is 0.145 e. The van der Waals surface area contributed by atoms with Crippen LogP contribution in [0.25, 0.3) is 0 Å². The van der Waals surface area contributed by atoms with Crippen molar-refractivity contribution in [1.82, 2.24) is 0 Å². The van der Waals surface area contributed by atoms with Gasteiger partial charge >= 0.3 is 0 Å². The average Bonchev–Trinajstić information content (AvgIpc) is 2.58. The fourth-order valence-corrected chi connectivity index (χ4v) is 1.62. The van der Waals surface area contributed by atoms with E-state index in [-0.39, 0.29) is 0 Å². The molecule has 0 rings (SSSR count). The van der Waals surface area contributed by atoms with Crippen LogP contribution >= 0.6 is 0 Å². The first-order valence-corrected chi connectivity index (χ1v) is 8.39. The number of aldehydes is 1. The molecule has 0 spiro atoms. The quantitative estimate of drug-likeness (QED) is 0.190. The van der Waals surface area contributed by atoms with E-state index < -0.39 is 0 Å². The number of methoxy groups -OCH3 is 1. The van der Waals surface area contributed by atoms with Crippen LogP contribution in [-0.2, 0) is 9.53 Å². The fourth-order valence-electron chi connectivity index (χ4n) is 1.62. The molecule has 2 heteroatoms. The first-order valence-electron chi connectivity index (χ1n) is 8.39. The Kier molecular flexibility index (Phi) is 15.4. The van der Waals surface area contributed by atoms with Crippen LogP contribution < -0.4 is 0 Å². The van der Waals surface area contributed by atoms with Gasteiger partial charge in [-0.1, -0.05) is 69.2 Å². The van der Waals surface area contributed by atoms with E-state index in [1.807, 2.05) is 19.1 Å². The van der Waals surface area contributed by atoms with E-state index in [1.54, 1.807) is 14.0 Å². The molecule has 2 nitrogen and oxygen atoms in total. The largest absolute Gasteiger partial charge is 0.385 e. The summed E-state index contributed by atoms with van der Waals surface area (Å²) in [5.41, 5.74) is 5.75. The van der Waals surface area contributed by atoms with Crippen molar-refractivity contribution in [2.45, 2.75) is 40.0 Å². The van der Waals surface area contributed by atoms with Crippen molar-refractivity contribution in [1.29, 1.82) is 0 Å². The third-order valence-corrected chi connectivity index (χ3v) is 3.17. The van der Waals surface area contributed by atoms with Gasteiger partial charge in [0.1, 0.15) is 6.29 Å². The standard InChI is InChI=1S/C19H28O.C4H6O/c1-8-16(4)14-19(10-9-13-20-7)18(6)17(5)12-11-15(2)3;1-4(2)3-5/h11-12,14H,2,4-6,8-10,13H2,1,3,7H3;3H,1H2,2H3/b12-11-,19-14-;. The van der Waals surface area contributed by atoms with Crippen molar-refractivity contribution in [2.24, 2.45) is 0 Å². The number of carbonyl (C=O) groups excluding carboxylic acids is 1. The first kappa shape index (κ1) is 25.1. The Bertz CT molecular complexity index is 557. The maximum absolute atomic E-state index is 9.41. The number of hydrogen-bond donors (Lipinski definition) is 0. The second-order valence-corrected chi connectivity index (χ2v) is 5.93. The first-order chi connectivity index (χ1) is 11.7. The summed E-state index contributed by atoms with van der Waals surface area (Å²) >= 11 is 0. The molecule has 0 aliphatic carbocycles. The minimum atomic E-state index is 0.574. The Morgan fingerprint density at radius 1 is 1.00 bits per heavy atom. The number of rotatable bonds is 11. The highest BCUT2D eigenvalue weighted by Gasteiger charge is 2.05. The van der Waals surface area contributed by atoms with E-state index in [9.17, 15) is 4.79 Å². The SMILES string of the molecule is C=C(C)/C=C\C(=C)C(=C)/C(=C\C(=C)CC)CCCOC.C=C(C)C=O. The lowest BCUT2D eigenvalue weighted by atomic mass is 9.94. The summed E-state index contributed by atoms with van der Waals surface area (Å²) < 4.78 is 5.12. The molecule has 0 aliphatic heterocycles. The van der Waals surface area contributed by atoms with Gasteiger partial charge in [-0.25, -0.2) is 0 Å². The van der Waals surface area contributed by atoms with E-state index in [2.05, 4.69) is 45.9 Å². The number of ether oxygens (including phenoxy) is 1. The van der Waals surface area contributed by atoms with E-state index >= 15 is 0 Å². The molecule has 0 aromatic heterocycles. The second kappa shape index (κ2) is 15.3. The molecule has 0 N–H and O–H groups in total. The average molecular weight is 343 g/mol. The summed E-state index contributed by atoms with van der Waals surface area (Å²) in [4.78, 5) is 9.41. The zero-order valence-electron chi connectivity index (χ0n) is 16.5. The summed E-state index contributed by atoms with van der Waals surface area (Å²) in [7, 11) is 1.72. The monoisotopic (exact) mass is 342 g/mol.